The van der Waals surface area contributed by atoms with E-state index in [9.17, 15) is 23.5 Å². The first kappa shape index (κ1) is 16.0. The third-order valence-electron chi connectivity index (χ3n) is 2.91. The summed E-state index contributed by atoms with van der Waals surface area (Å²) in [5.41, 5.74) is 0.424. The Balaban J connectivity index is 2.29. The predicted molar refractivity (Wildman–Crippen MR) is 75.8 cm³/mol. The molecule has 0 fully saturated rings. The van der Waals surface area contributed by atoms with E-state index in [4.69, 9.17) is 0 Å². The van der Waals surface area contributed by atoms with Crippen LogP contribution in [0.2, 0.25) is 0 Å². The van der Waals surface area contributed by atoms with Gasteiger partial charge in [-0.1, -0.05) is 6.07 Å². The molecule has 0 saturated heterocycles. The Kier molecular flexibility index (Phi) is 4.51. The van der Waals surface area contributed by atoms with Gasteiger partial charge in [-0.05, 0) is 31.5 Å². The second-order valence-corrected chi connectivity index (χ2v) is 5.77. The maximum absolute atomic E-state index is 13.2. The predicted octanol–water partition coefficient (Wildman–Crippen LogP) is 2.59. The van der Waals surface area contributed by atoms with E-state index in [1.54, 1.807) is 13.8 Å². The molecule has 1 aromatic heterocycles. The molecule has 5 nitrogen and oxygen atoms in total. The molecular formula is C14H12F2N2O3S. The van der Waals surface area contributed by atoms with Crippen LogP contribution in [0.15, 0.2) is 18.2 Å². The average Bonchev–Trinajstić information content (AvgIpc) is 2.78. The number of nitrogens with zero attached hydrogens (tertiary/aromatic N) is 1. The molecule has 2 rings (SSSR count). The van der Waals surface area contributed by atoms with E-state index in [-0.39, 0.29) is 10.4 Å². The van der Waals surface area contributed by atoms with Crippen molar-refractivity contribution in [1.82, 2.24) is 10.3 Å². The number of rotatable bonds is 4. The van der Waals surface area contributed by atoms with Crippen molar-refractivity contribution >= 4 is 23.2 Å². The number of aryl methyl sites for hydroxylation is 2. The first-order valence-corrected chi connectivity index (χ1v) is 7.04. The van der Waals surface area contributed by atoms with Gasteiger partial charge in [0.15, 0.2) is 17.7 Å². The van der Waals surface area contributed by atoms with Gasteiger partial charge in [0.2, 0.25) is 0 Å². The molecule has 1 amide bonds. The van der Waals surface area contributed by atoms with Crippen molar-refractivity contribution in [2.24, 2.45) is 0 Å². The molecule has 2 aromatic rings. The van der Waals surface area contributed by atoms with Crippen LogP contribution >= 0.6 is 11.3 Å². The molecule has 0 aliphatic carbocycles. The number of halogens is 2. The van der Waals surface area contributed by atoms with Crippen molar-refractivity contribution < 1.29 is 23.5 Å². The van der Waals surface area contributed by atoms with Gasteiger partial charge in [0, 0.05) is 0 Å². The lowest BCUT2D eigenvalue weighted by Gasteiger charge is -2.14. The van der Waals surface area contributed by atoms with E-state index in [2.05, 4.69) is 10.3 Å². The SMILES string of the molecule is Cc1nc(C)c(C(=O)NC(C(=O)O)c2ccc(F)c(F)c2)s1. The van der Waals surface area contributed by atoms with Crippen LogP contribution in [0.5, 0.6) is 0 Å². The Bertz CT molecular complexity index is 746. The van der Waals surface area contributed by atoms with Crippen molar-refractivity contribution in [2.75, 3.05) is 0 Å². The Hall–Kier alpha value is -2.35. The number of benzene rings is 1. The highest BCUT2D eigenvalue weighted by atomic mass is 32.1. The van der Waals surface area contributed by atoms with Crippen LogP contribution in [0.3, 0.4) is 0 Å². The molecular weight excluding hydrogens is 314 g/mol. The fourth-order valence-corrected chi connectivity index (χ4v) is 2.74. The summed E-state index contributed by atoms with van der Waals surface area (Å²) in [6.45, 7) is 3.35. The molecule has 1 atom stereocenters. The van der Waals surface area contributed by atoms with Crippen molar-refractivity contribution in [3.05, 3.63) is 51.0 Å². The Morgan fingerprint density at radius 1 is 1.27 bits per heavy atom. The lowest BCUT2D eigenvalue weighted by Crippen LogP contribution is -2.33. The van der Waals surface area contributed by atoms with Crippen LogP contribution in [0, 0.1) is 25.5 Å². The summed E-state index contributed by atoms with van der Waals surface area (Å²) in [7, 11) is 0. The Morgan fingerprint density at radius 3 is 2.45 bits per heavy atom. The number of carbonyl (C=O) groups is 2. The van der Waals surface area contributed by atoms with Crippen LogP contribution in [0.25, 0.3) is 0 Å². The van der Waals surface area contributed by atoms with Gasteiger partial charge >= 0.3 is 5.97 Å². The molecule has 8 heteroatoms. The molecule has 2 N–H and O–H groups in total. The first-order chi connectivity index (χ1) is 10.3. The largest absolute Gasteiger partial charge is 0.479 e. The molecule has 0 aliphatic rings. The van der Waals surface area contributed by atoms with Gasteiger partial charge in [-0.15, -0.1) is 11.3 Å². The minimum Gasteiger partial charge on any atom is -0.479 e. The summed E-state index contributed by atoms with van der Waals surface area (Å²) >= 11 is 1.13. The van der Waals surface area contributed by atoms with Gasteiger partial charge in [0.1, 0.15) is 4.88 Å². The quantitative estimate of drug-likeness (QED) is 0.905. The number of carboxylic acid groups (broad SMARTS) is 1. The minimum atomic E-state index is -1.48. The molecule has 0 spiro atoms. The van der Waals surface area contributed by atoms with E-state index in [1.807, 2.05) is 0 Å². The third kappa shape index (κ3) is 3.28. The third-order valence-corrected chi connectivity index (χ3v) is 3.98. The molecule has 22 heavy (non-hydrogen) atoms. The number of carboxylic acids is 1. The van der Waals surface area contributed by atoms with Crippen LogP contribution in [-0.4, -0.2) is 22.0 Å². The van der Waals surface area contributed by atoms with Gasteiger partial charge in [-0.25, -0.2) is 18.6 Å². The number of thiazole rings is 1. The number of aliphatic carboxylic acids is 1. The van der Waals surface area contributed by atoms with Crippen LogP contribution in [0.4, 0.5) is 8.78 Å². The molecule has 0 saturated carbocycles. The Morgan fingerprint density at radius 2 is 1.95 bits per heavy atom. The van der Waals surface area contributed by atoms with Crippen LogP contribution in [-0.2, 0) is 4.79 Å². The van der Waals surface area contributed by atoms with Crippen molar-refractivity contribution in [3.8, 4) is 0 Å². The summed E-state index contributed by atoms with van der Waals surface area (Å²) in [6.07, 6.45) is 0. The summed E-state index contributed by atoms with van der Waals surface area (Å²) < 4.78 is 26.2. The van der Waals surface area contributed by atoms with E-state index in [0.717, 1.165) is 29.5 Å². The number of hydrogen-bond donors (Lipinski definition) is 2. The van der Waals surface area contributed by atoms with Crippen LogP contribution in [0.1, 0.15) is 32.0 Å². The van der Waals surface area contributed by atoms with Gasteiger partial charge < -0.3 is 10.4 Å². The van der Waals surface area contributed by atoms with E-state index in [1.165, 1.54) is 0 Å². The van der Waals surface area contributed by atoms with Crippen molar-refractivity contribution in [3.63, 3.8) is 0 Å². The highest BCUT2D eigenvalue weighted by molar-refractivity contribution is 7.13. The zero-order chi connectivity index (χ0) is 16.4. The maximum atomic E-state index is 13.2. The smallest absolute Gasteiger partial charge is 0.330 e. The number of amides is 1. The van der Waals surface area contributed by atoms with Gasteiger partial charge in [-0.3, -0.25) is 4.79 Å². The zero-order valence-electron chi connectivity index (χ0n) is 11.7. The fraction of sp³-hybridized carbons (Fsp3) is 0.214. The van der Waals surface area contributed by atoms with Gasteiger partial charge in [0.25, 0.3) is 5.91 Å². The maximum Gasteiger partial charge on any atom is 0.330 e. The molecule has 116 valence electrons. The molecule has 1 unspecified atom stereocenters. The zero-order valence-corrected chi connectivity index (χ0v) is 12.5. The minimum absolute atomic E-state index is 0.0568. The van der Waals surface area contributed by atoms with Gasteiger partial charge in [0.05, 0.1) is 10.7 Å². The Labute approximate surface area is 128 Å². The number of nitrogens with one attached hydrogen (secondary N) is 1. The first-order valence-electron chi connectivity index (χ1n) is 6.22. The van der Waals surface area contributed by atoms with Gasteiger partial charge in [-0.2, -0.15) is 0 Å². The molecule has 1 aromatic carbocycles. The topological polar surface area (TPSA) is 79.3 Å². The molecule has 0 aliphatic heterocycles. The standard InChI is InChI=1S/C14H12F2N2O3S/c1-6-12(22-7(2)17-6)13(19)18-11(14(20)21)8-3-4-9(15)10(16)5-8/h3-5,11H,1-2H3,(H,18,19)(H,20,21). The second kappa shape index (κ2) is 6.18. The number of carbonyl (C=O) groups excluding carboxylic acids is 1. The highest BCUT2D eigenvalue weighted by Crippen LogP contribution is 2.21. The monoisotopic (exact) mass is 326 g/mol. The van der Waals surface area contributed by atoms with E-state index >= 15 is 0 Å². The lowest BCUT2D eigenvalue weighted by atomic mass is 10.1. The van der Waals surface area contributed by atoms with Crippen molar-refractivity contribution in [2.45, 2.75) is 19.9 Å². The second-order valence-electron chi connectivity index (χ2n) is 4.57. The van der Waals surface area contributed by atoms with Crippen LogP contribution < -0.4 is 5.32 Å². The number of hydrogen-bond acceptors (Lipinski definition) is 4. The fourth-order valence-electron chi connectivity index (χ4n) is 1.92. The summed E-state index contributed by atoms with van der Waals surface area (Å²) in [5.74, 6) is -4.27. The number of aromatic nitrogens is 1. The summed E-state index contributed by atoms with van der Waals surface area (Å²) in [6, 6.07) is 1.19. The summed E-state index contributed by atoms with van der Waals surface area (Å²) in [5, 5.41) is 12.2. The molecule has 1 heterocycles. The van der Waals surface area contributed by atoms with E-state index < -0.39 is 29.6 Å². The average molecular weight is 326 g/mol. The summed E-state index contributed by atoms with van der Waals surface area (Å²) in [4.78, 5) is 27.8. The van der Waals surface area contributed by atoms with E-state index in [0.29, 0.717) is 10.7 Å². The molecule has 0 bridgehead atoms. The lowest BCUT2D eigenvalue weighted by molar-refractivity contribution is -0.139. The molecule has 0 radical (unpaired) electrons. The highest BCUT2D eigenvalue weighted by Gasteiger charge is 2.25. The van der Waals surface area contributed by atoms with Crippen molar-refractivity contribution in [1.29, 1.82) is 0 Å². The normalized spacial score (nSPS) is 12.0.